The van der Waals surface area contributed by atoms with E-state index >= 15 is 0 Å². The predicted molar refractivity (Wildman–Crippen MR) is 83.6 cm³/mol. The third kappa shape index (κ3) is 1.98. The molecule has 2 saturated carbocycles. The Labute approximate surface area is 121 Å². The Bertz CT molecular complexity index is 613. The molecule has 1 heterocycles. The molecular formula is C18H24N2. The SMILES string of the molecule is NCCc1cn(CC2CC3CCC2C3)c2ccccc12. The van der Waals surface area contributed by atoms with Crippen molar-refractivity contribution < 1.29 is 0 Å². The molecule has 3 atom stereocenters. The van der Waals surface area contributed by atoms with Gasteiger partial charge in [-0.05, 0) is 61.6 Å². The molecule has 3 unspecified atom stereocenters. The normalized spacial score (nSPS) is 28.6. The van der Waals surface area contributed by atoms with Gasteiger partial charge in [0.05, 0.1) is 0 Å². The van der Waals surface area contributed by atoms with Crippen LogP contribution in [0.2, 0.25) is 0 Å². The van der Waals surface area contributed by atoms with Gasteiger partial charge in [0.15, 0.2) is 0 Å². The minimum absolute atomic E-state index is 0.738. The zero-order valence-electron chi connectivity index (χ0n) is 12.1. The molecular weight excluding hydrogens is 244 g/mol. The van der Waals surface area contributed by atoms with Gasteiger partial charge in [-0.2, -0.15) is 0 Å². The van der Waals surface area contributed by atoms with Crippen molar-refractivity contribution in [3.8, 4) is 0 Å². The molecule has 2 bridgehead atoms. The summed E-state index contributed by atoms with van der Waals surface area (Å²) in [5.74, 6) is 2.95. The Kier molecular flexibility index (Phi) is 3.07. The van der Waals surface area contributed by atoms with Crippen LogP contribution in [-0.4, -0.2) is 11.1 Å². The molecule has 2 aliphatic carbocycles. The number of nitrogens with two attached hydrogens (primary N) is 1. The van der Waals surface area contributed by atoms with Gasteiger partial charge in [-0.25, -0.2) is 0 Å². The lowest BCUT2D eigenvalue weighted by Crippen LogP contribution is -2.16. The first-order valence-corrected chi connectivity index (χ1v) is 8.12. The molecule has 2 N–H and O–H groups in total. The number of aromatic nitrogens is 1. The quantitative estimate of drug-likeness (QED) is 0.902. The summed E-state index contributed by atoms with van der Waals surface area (Å²) in [4.78, 5) is 0. The lowest BCUT2D eigenvalue weighted by Gasteiger charge is -2.22. The van der Waals surface area contributed by atoms with E-state index in [1.807, 2.05) is 0 Å². The summed E-state index contributed by atoms with van der Waals surface area (Å²) in [7, 11) is 0. The summed E-state index contributed by atoms with van der Waals surface area (Å²) in [6.45, 7) is 1.95. The molecule has 1 aromatic carbocycles. The molecule has 106 valence electrons. The third-order valence-corrected chi connectivity index (χ3v) is 5.60. The number of rotatable bonds is 4. The molecule has 2 nitrogen and oxygen atoms in total. The van der Waals surface area contributed by atoms with Gasteiger partial charge < -0.3 is 10.3 Å². The van der Waals surface area contributed by atoms with Gasteiger partial charge >= 0.3 is 0 Å². The van der Waals surface area contributed by atoms with E-state index in [0.29, 0.717) is 0 Å². The Morgan fingerprint density at radius 3 is 2.80 bits per heavy atom. The minimum Gasteiger partial charge on any atom is -0.347 e. The second-order valence-electron chi connectivity index (χ2n) is 6.80. The highest BCUT2D eigenvalue weighted by Crippen LogP contribution is 2.49. The smallest absolute Gasteiger partial charge is 0.0483 e. The van der Waals surface area contributed by atoms with E-state index in [2.05, 4.69) is 35.0 Å². The first-order chi connectivity index (χ1) is 9.85. The van der Waals surface area contributed by atoms with Crippen molar-refractivity contribution in [2.75, 3.05) is 6.54 Å². The zero-order chi connectivity index (χ0) is 13.5. The van der Waals surface area contributed by atoms with E-state index in [4.69, 9.17) is 5.73 Å². The van der Waals surface area contributed by atoms with Crippen molar-refractivity contribution in [3.05, 3.63) is 36.0 Å². The van der Waals surface area contributed by atoms with Crippen LogP contribution in [-0.2, 0) is 13.0 Å². The van der Waals surface area contributed by atoms with Crippen molar-refractivity contribution in [1.82, 2.24) is 4.57 Å². The van der Waals surface area contributed by atoms with Crippen LogP contribution < -0.4 is 5.73 Å². The first kappa shape index (κ1) is 12.5. The Morgan fingerprint density at radius 2 is 2.05 bits per heavy atom. The van der Waals surface area contributed by atoms with Gasteiger partial charge in [-0.3, -0.25) is 0 Å². The van der Waals surface area contributed by atoms with Crippen LogP contribution in [0.3, 0.4) is 0 Å². The van der Waals surface area contributed by atoms with Gasteiger partial charge in [-0.15, -0.1) is 0 Å². The van der Waals surface area contributed by atoms with Crippen molar-refractivity contribution in [2.45, 2.75) is 38.6 Å². The van der Waals surface area contributed by atoms with Crippen molar-refractivity contribution in [2.24, 2.45) is 23.5 Å². The topological polar surface area (TPSA) is 30.9 Å². The number of hydrogen-bond acceptors (Lipinski definition) is 1. The lowest BCUT2D eigenvalue weighted by atomic mass is 9.89. The van der Waals surface area contributed by atoms with E-state index in [9.17, 15) is 0 Å². The fourth-order valence-corrected chi connectivity index (χ4v) is 4.68. The molecule has 0 saturated heterocycles. The van der Waals surface area contributed by atoms with Gasteiger partial charge in [-0.1, -0.05) is 24.6 Å². The van der Waals surface area contributed by atoms with E-state index in [1.54, 1.807) is 0 Å². The Hall–Kier alpha value is -1.28. The average molecular weight is 268 g/mol. The van der Waals surface area contributed by atoms with Crippen LogP contribution >= 0.6 is 0 Å². The largest absolute Gasteiger partial charge is 0.347 e. The monoisotopic (exact) mass is 268 g/mol. The van der Waals surface area contributed by atoms with Crippen LogP contribution in [0.4, 0.5) is 0 Å². The molecule has 2 aromatic rings. The molecule has 4 rings (SSSR count). The minimum atomic E-state index is 0.738. The molecule has 20 heavy (non-hydrogen) atoms. The number of benzene rings is 1. The summed E-state index contributed by atoms with van der Waals surface area (Å²) in [6, 6.07) is 8.82. The Morgan fingerprint density at radius 1 is 1.15 bits per heavy atom. The zero-order valence-corrected chi connectivity index (χ0v) is 12.1. The van der Waals surface area contributed by atoms with Crippen LogP contribution in [0.15, 0.2) is 30.5 Å². The number of hydrogen-bond donors (Lipinski definition) is 1. The molecule has 2 heteroatoms. The molecule has 0 spiro atoms. The van der Waals surface area contributed by atoms with E-state index in [0.717, 1.165) is 30.7 Å². The maximum atomic E-state index is 5.76. The predicted octanol–water partition coefficient (Wildman–Crippen LogP) is 3.58. The number of nitrogens with zero attached hydrogens (tertiary/aromatic N) is 1. The van der Waals surface area contributed by atoms with E-state index in [-0.39, 0.29) is 0 Å². The van der Waals surface area contributed by atoms with Gasteiger partial charge in [0.2, 0.25) is 0 Å². The van der Waals surface area contributed by atoms with Crippen LogP contribution in [0, 0.1) is 17.8 Å². The molecule has 0 aliphatic heterocycles. The van der Waals surface area contributed by atoms with Crippen molar-refractivity contribution in [1.29, 1.82) is 0 Å². The van der Waals surface area contributed by atoms with Crippen molar-refractivity contribution >= 4 is 10.9 Å². The van der Waals surface area contributed by atoms with Gasteiger partial charge in [0.1, 0.15) is 0 Å². The Balaban J connectivity index is 1.65. The molecule has 2 aliphatic rings. The maximum Gasteiger partial charge on any atom is 0.0483 e. The van der Waals surface area contributed by atoms with Gasteiger partial charge in [0, 0.05) is 23.6 Å². The maximum absolute atomic E-state index is 5.76. The van der Waals surface area contributed by atoms with Crippen molar-refractivity contribution in [3.63, 3.8) is 0 Å². The average Bonchev–Trinajstić information content (AvgIpc) is 3.15. The van der Waals surface area contributed by atoms with Crippen LogP contribution in [0.5, 0.6) is 0 Å². The number of fused-ring (bicyclic) bond motifs is 3. The highest BCUT2D eigenvalue weighted by Gasteiger charge is 2.39. The fourth-order valence-electron chi connectivity index (χ4n) is 4.68. The molecule has 0 amide bonds. The fraction of sp³-hybridized carbons (Fsp3) is 0.556. The van der Waals surface area contributed by atoms with E-state index in [1.165, 1.54) is 48.7 Å². The molecule has 1 aromatic heterocycles. The standard InChI is InChI=1S/C18H24N2/c19-8-7-15-11-20(18-4-2-1-3-17(15)18)12-16-10-13-5-6-14(16)9-13/h1-4,11,13-14,16H,5-10,12,19H2. The highest BCUT2D eigenvalue weighted by molar-refractivity contribution is 5.84. The summed E-state index contributed by atoms with van der Waals surface area (Å²) >= 11 is 0. The van der Waals surface area contributed by atoms with Crippen LogP contribution in [0.25, 0.3) is 10.9 Å². The lowest BCUT2D eigenvalue weighted by molar-refractivity contribution is 0.299. The second-order valence-corrected chi connectivity index (χ2v) is 6.80. The summed E-state index contributed by atoms with van der Waals surface area (Å²) in [5, 5.41) is 1.40. The number of para-hydroxylation sites is 1. The van der Waals surface area contributed by atoms with Gasteiger partial charge in [0.25, 0.3) is 0 Å². The highest BCUT2D eigenvalue weighted by atomic mass is 15.0. The summed E-state index contributed by atoms with van der Waals surface area (Å²) in [6.07, 6.45) is 9.28. The van der Waals surface area contributed by atoms with Crippen LogP contribution in [0.1, 0.15) is 31.2 Å². The molecule has 0 radical (unpaired) electrons. The first-order valence-electron chi connectivity index (χ1n) is 8.12. The molecule has 2 fully saturated rings. The summed E-state index contributed by atoms with van der Waals surface area (Å²) < 4.78 is 2.51. The third-order valence-electron chi connectivity index (χ3n) is 5.60. The second kappa shape index (κ2) is 4.92. The summed E-state index contributed by atoms with van der Waals surface area (Å²) in [5.41, 5.74) is 8.59. The van der Waals surface area contributed by atoms with E-state index < -0.39 is 0 Å².